The van der Waals surface area contributed by atoms with Crippen molar-refractivity contribution >= 4 is 22.8 Å². The number of rotatable bonds is 7. The number of amides is 1. The maximum atomic E-state index is 13.9. The van der Waals surface area contributed by atoms with Gasteiger partial charge in [-0.3, -0.25) is 9.78 Å². The molecule has 0 spiro atoms. The van der Waals surface area contributed by atoms with E-state index >= 15 is 0 Å². The number of nitrogens with zero attached hydrogens (tertiary/aromatic N) is 2. The van der Waals surface area contributed by atoms with E-state index in [1.165, 1.54) is 12.3 Å². The van der Waals surface area contributed by atoms with Crippen LogP contribution in [0.4, 0.5) is 9.18 Å². The lowest BCUT2D eigenvalue weighted by atomic mass is 9.95. The van der Waals surface area contributed by atoms with Crippen molar-refractivity contribution in [1.82, 2.24) is 14.9 Å². The zero-order valence-electron chi connectivity index (χ0n) is 19.2. The van der Waals surface area contributed by atoms with Crippen molar-refractivity contribution < 1.29 is 18.7 Å². The van der Waals surface area contributed by atoms with Crippen LogP contribution in [0.5, 0.6) is 0 Å². The highest BCUT2D eigenvalue weighted by atomic mass is 19.1. The molecule has 0 saturated carbocycles. The smallest absolute Gasteiger partial charge is 0.408 e. The van der Waals surface area contributed by atoms with Gasteiger partial charge in [0.05, 0.1) is 11.2 Å². The van der Waals surface area contributed by atoms with Gasteiger partial charge in [0.15, 0.2) is 0 Å². The summed E-state index contributed by atoms with van der Waals surface area (Å²) in [6.07, 6.45) is 4.27. The fourth-order valence-corrected chi connectivity index (χ4v) is 3.81. The van der Waals surface area contributed by atoms with Crippen LogP contribution in [0.25, 0.3) is 10.9 Å². The van der Waals surface area contributed by atoms with Gasteiger partial charge in [-0.15, -0.1) is 0 Å². The lowest BCUT2D eigenvalue weighted by Gasteiger charge is -2.33. The molecule has 2 heterocycles. The molecule has 0 aliphatic carbocycles. The first kappa shape index (κ1) is 23.4. The largest absolute Gasteiger partial charge is 0.444 e. The summed E-state index contributed by atoms with van der Waals surface area (Å²) in [4.78, 5) is 29.8. The Morgan fingerprint density at radius 3 is 2.59 bits per heavy atom. The summed E-state index contributed by atoms with van der Waals surface area (Å²) < 4.78 is 21.2. The Balaban J connectivity index is 1.86. The van der Waals surface area contributed by atoms with Crippen LogP contribution in [0.15, 0.2) is 48.8 Å². The van der Waals surface area contributed by atoms with Crippen molar-refractivity contribution in [3.63, 3.8) is 0 Å². The Labute approximate surface area is 187 Å². The van der Waals surface area contributed by atoms with Gasteiger partial charge in [0.25, 0.3) is 0 Å². The number of ketones is 1. The number of hydrogen-bond donors (Lipinski definition) is 1. The summed E-state index contributed by atoms with van der Waals surface area (Å²) in [6, 6.07) is 9.84. The molecule has 1 aromatic carbocycles. The van der Waals surface area contributed by atoms with E-state index in [-0.39, 0.29) is 11.3 Å². The summed E-state index contributed by atoms with van der Waals surface area (Å²) in [5, 5.41) is 3.54. The number of carbonyl (C=O) groups is 2. The van der Waals surface area contributed by atoms with Crippen LogP contribution in [0, 0.1) is 5.82 Å². The number of fused-ring (bicyclic) bond motifs is 1. The van der Waals surface area contributed by atoms with Crippen LogP contribution in [0.1, 0.15) is 63.5 Å². The third-order valence-electron chi connectivity index (χ3n) is 5.11. The predicted molar refractivity (Wildman–Crippen MR) is 122 cm³/mol. The number of para-hydroxylation sites is 1. The van der Waals surface area contributed by atoms with E-state index in [4.69, 9.17) is 4.74 Å². The number of benzene rings is 1. The Morgan fingerprint density at radius 2 is 1.91 bits per heavy atom. The van der Waals surface area contributed by atoms with E-state index in [9.17, 15) is 14.0 Å². The molecule has 6 nitrogen and oxygen atoms in total. The van der Waals surface area contributed by atoms with Gasteiger partial charge in [-0.05, 0) is 58.4 Å². The zero-order valence-corrected chi connectivity index (χ0v) is 19.2. The van der Waals surface area contributed by atoms with Gasteiger partial charge in [0, 0.05) is 29.9 Å². The molecule has 1 unspecified atom stereocenters. The second kappa shape index (κ2) is 9.10. The third kappa shape index (κ3) is 5.52. The van der Waals surface area contributed by atoms with Gasteiger partial charge in [-0.25, -0.2) is 9.18 Å². The van der Waals surface area contributed by atoms with Crippen LogP contribution in [0.3, 0.4) is 0 Å². The Bertz CT molecular complexity index is 1130. The monoisotopic (exact) mass is 439 g/mol. The molecule has 170 valence electrons. The first-order chi connectivity index (χ1) is 15.0. The van der Waals surface area contributed by atoms with Crippen LogP contribution in [-0.2, 0) is 11.3 Å². The average molecular weight is 440 g/mol. The minimum atomic E-state index is -0.615. The number of ether oxygens (including phenoxy) is 1. The molecule has 7 heteroatoms. The molecule has 32 heavy (non-hydrogen) atoms. The SMILES string of the molecule is CCCC(C)(Cn1cccc1C(=O)c1cnc2c(F)cccc2c1)NC(=O)OC(C)(C)C. The summed E-state index contributed by atoms with van der Waals surface area (Å²) in [5.41, 5.74) is -0.141. The standard InChI is InChI=1S/C25H30FN3O3/c1-6-12-25(5,28-23(31)32-24(2,3)4)16-29-13-8-11-20(29)22(30)18-14-17-9-7-10-19(26)21(17)27-15-18/h7-11,13-15H,6,12,16H2,1-5H3,(H,28,31). The molecular formula is C25H30FN3O3. The fraction of sp³-hybridized carbons (Fsp3) is 0.400. The number of halogens is 1. The molecule has 0 bridgehead atoms. The predicted octanol–water partition coefficient (Wildman–Crippen LogP) is 5.49. The van der Waals surface area contributed by atoms with E-state index in [0.29, 0.717) is 29.6 Å². The van der Waals surface area contributed by atoms with E-state index in [0.717, 1.165) is 6.42 Å². The van der Waals surface area contributed by atoms with Gasteiger partial charge in [0.2, 0.25) is 5.78 Å². The van der Waals surface area contributed by atoms with Crippen molar-refractivity contribution in [1.29, 1.82) is 0 Å². The molecule has 0 aliphatic rings. The van der Waals surface area contributed by atoms with Gasteiger partial charge < -0.3 is 14.6 Å². The normalized spacial score (nSPS) is 13.6. The van der Waals surface area contributed by atoms with Gasteiger partial charge >= 0.3 is 6.09 Å². The van der Waals surface area contributed by atoms with Crippen LogP contribution < -0.4 is 5.32 Å². The van der Waals surface area contributed by atoms with E-state index in [1.807, 2.05) is 45.4 Å². The minimum Gasteiger partial charge on any atom is -0.444 e. The number of hydrogen-bond acceptors (Lipinski definition) is 4. The average Bonchev–Trinajstić information content (AvgIpc) is 3.13. The quantitative estimate of drug-likeness (QED) is 0.494. The molecular weight excluding hydrogens is 409 g/mol. The molecule has 2 aromatic heterocycles. The molecule has 1 atom stereocenters. The van der Waals surface area contributed by atoms with E-state index < -0.39 is 23.1 Å². The Morgan fingerprint density at radius 1 is 1.16 bits per heavy atom. The van der Waals surface area contributed by atoms with Crippen LogP contribution in [0.2, 0.25) is 0 Å². The summed E-state index contributed by atoms with van der Waals surface area (Å²) in [6.45, 7) is 9.82. The fourth-order valence-electron chi connectivity index (χ4n) is 3.81. The maximum absolute atomic E-state index is 13.9. The van der Waals surface area contributed by atoms with Crippen LogP contribution >= 0.6 is 0 Å². The third-order valence-corrected chi connectivity index (χ3v) is 5.11. The van der Waals surface area contributed by atoms with Crippen molar-refractivity contribution in [3.05, 3.63) is 65.9 Å². The summed E-state index contributed by atoms with van der Waals surface area (Å²) in [7, 11) is 0. The molecule has 1 amide bonds. The lowest BCUT2D eigenvalue weighted by molar-refractivity contribution is 0.0446. The minimum absolute atomic E-state index is 0.218. The van der Waals surface area contributed by atoms with Crippen molar-refractivity contribution in [2.24, 2.45) is 0 Å². The molecule has 3 rings (SSSR count). The highest BCUT2D eigenvalue weighted by molar-refractivity contribution is 6.09. The zero-order chi connectivity index (χ0) is 23.5. The van der Waals surface area contributed by atoms with Crippen molar-refractivity contribution in [3.8, 4) is 0 Å². The number of pyridine rings is 1. The highest BCUT2D eigenvalue weighted by Gasteiger charge is 2.30. The molecule has 1 N–H and O–H groups in total. The van der Waals surface area contributed by atoms with E-state index in [2.05, 4.69) is 10.3 Å². The van der Waals surface area contributed by atoms with Gasteiger partial charge in [0.1, 0.15) is 16.9 Å². The van der Waals surface area contributed by atoms with Gasteiger partial charge in [-0.2, -0.15) is 0 Å². The summed E-state index contributed by atoms with van der Waals surface area (Å²) >= 11 is 0. The topological polar surface area (TPSA) is 73.2 Å². The molecule has 0 radical (unpaired) electrons. The maximum Gasteiger partial charge on any atom is 0.408 e. The first-order valence-electron chi connectivity index (χ1n) is 10.8. The first-order valence-corrected chi connectivity index (χ1v) is 10.8. The molecule has 0 aliphatic heterocycles. The van der Waals surface area contributed by atoms with Crippen molar-refractivity contribution in [2.75, 3.05) is 0 Å². The number of aromatic nitrogens is 2. The van der Waals surface area contributed by atoms with E-state index in [1.54, 1.807) is 30.3 Å². The Kier molecular flexibility index (Phi) is 6.67. The second-order valence-corrected chi connectivity index (χ2v) is 9.32. The number of nitrogens with one attached hydrogen (secondary N) is 1. The molecule has 0 saturated heterocycles. The lowest BCUT2D eigenvalue weighted by Crippen LogP contribution is -2.50. The molecule has 0 fully saturated rings. The highest BCUT2D eigenvalue weighted by Crippen LogP contribution is 2.22. The Hall–Kier alpha value is -3.22. The molecule has 3 aromatic rings. The van der Waals surface area contributed by atoms with Gasteiger partial charge in [-0.1, -0.05) is 25.5 Å². The summed E-state index contributed by atoms with van der Waals surface area (Å²) in [5.74, 6) is -0.641. The van der Waals surface area contributed by atoms with Crippen molar-refractivity contribution in [2.45, 2.75) is 65.1 Å². The van der Waals surface area contributed by atoms with Crippen LogP contribution in [-0.4, -0.2) is 32.6 Å². The number of alkyl carbamates (subject to hydrolysis) is 1. The number of carbonyl (C=O) groups excluding carboxylic acids is 2. The second-order valence-electron chi connectivity index (χ2n) is 9.32.